The second kappa shape index (κ2) is 9.23. The number of amides is 1. The van der Waals surface area contributed by atoms with Gasteiger partial charge in [0, 0.05) is 6.04 Å². The van der Waals surface area contributed by atoms with Crippen LogP contribution in [-0.4, -0.2) is 25.0 Å². The van der Waals surface area contributed by atoms with Crippen LogP contribution in [0.15, 0.2) is 12.1 Å². The molecule has 4 heteroatoms. The van der Waals surface area contributed by atoms with Crippen LogP contribution in [0.1, 0.15) is 48.9 Å². The molecule has 0 saturated carbocycles. The highest BCUT2D eigenvalue weighted by molar-refractivity contribution is 5.73. The zero-order chi connectivity index (χ0) is 16.5. The van der Waals surface area contributed by atoms with Crippen LogP contribution in [0.25, 0.3) is 0 Å². The minimum atomic E-state index is -0.174. The van der Waals surface area contributed by atoms with Gasteiger partial charge in [-0.2, -0.15) is 0 Å². The van der Waals surface area contributed by atoms with Crippen LogP contribution in [0, 0.1) is 13.8 Å². The summed E-state index contributed by atoms with van der Waals surface area (Å²) in [5, 5.41) is 2.75. The minimum absolute atomic E-state index is 0.0731. The first-order valence-electron chi connectivity index (χ1n) is 7.92. The number of ether oxygens (including phenoxy) is 1. The molecule has 4 nitrogen and oxygen atoms in total. The molecule has 0 saturated heterocycles. The van der Waals surface area contributed by atoms with Crippen molar-refractivity contribution in [3.63, 3.8) is 0 Å². The van der Waals surface area contributed by atoms with Crippen molar-refractivity contribution in [2.45, 2.75) is 59.4 Å². The van der Waals surface area contributed by atoms with Crippen LogP contribution in [0.5, 0.6) is 0 Å². The maximum absolute atomic E-state index is 11.9. The first-order valence-corrected chi connectivity index (χ1v) is 7.92. The van der Waals surface area contributed by atoms with E-state index in [1.54, 1.807) is 0 Å². The van der Waals surface area contributed by atoms with E-state index in [9.17, 15) is 9.59 Å². The van der Waals surface area contributed by atoms with Crippen LogP contribution in [0.3, 0.4) is 0 Å². The fraction of sp³-hybridized carbons (Fsp3) is 0.556. The molecule has 0 aliphatic carbocycles. The van der Waals surface area contributed by atoms with Crippen LogP contribution in [0.4, 0.5) is 0 Å². The third-order valence-corrected chi connectivity index (χ3v) is 3.82. The van der Waals surface area contributed by atoms with E-state index in [4.69, 9.17) is 4.74 Å². The number of carbonyl (C=O) groups is 2. The largest absolute Gasteiger partial charge is 0.465 e. The van der Waals surface area contributed by atoms with Crippen molar-refractivity contribution in [3.8, 4) is 0 Å². The lowest BCUT2D eigenvalue weighted by molar-refractivity contribution is -0.142. The molecule has 0 aliphatic rings. The molecule has 0 aromatic heterocycles. The van der Waals surface area contributed by atoms with Gasteiger partial charge in [-0.15, -0.1) is 0 Å². The normalized spacial score (nSPS) is 11.8. The number of benzene rings is 1. The van der Waals surface area contributed by atoms with Crippen LogP contribution in [0.2, 0.25) is 0 Å². The van der Waals surface area contributed by atoms with Gasteiger partial charge in [0.15, 0.2) is 0 Å². The molecule has 1 unspecified atom stereocenters. The van der Waals surface area contributed by atoms with Gasteiger partial charge in [0.25, 0.3) is 0 Å². The van der Waals surface area contributed by atoms with E-state index in [0.29, 0.717) is 13.0 Å². The van der Waals surface area contributed by atoms with Gasteiger partial charge in [0.1, 0.15) is 0 Å². The lowest BCUT2D eigenvalue weighted by Gasteiger charge is -2.15. The number of rotatable bonds is 9. The molecule has 0 fully saturated rings. The number of unbranched alkanes of at least 4 members (excludes halogenated alkanes) is 1. The standard InChI is InChI=1S/C18H27NO3/c1-5-6-7-22-18(21)11-17-10-16(8-13(2)15(17)4)9-14(3)19-12-20/h8,10,12,14H,5-7,9,11H2,1-4H3,(H,19,20). The summed E-state index contributed by atoms with van der Waals surface area (Å²) >= 11 is 0. The first kappa shape index (κ1) is 18.2. The van der Waals surface area contributed by atoms with Crippen molar-refractivity contribution in [1.29, 1.82) is 0 Å². The van der Waals surface area contributed by atoms with Crippen LogP contribution < -0.4 is 5.32 Å². The summed E-state index contributed by atoms with van der Waals surface area (Å²) in [4.78, 5) is 22.4. The Hall–Kier alpha value is -1.84. The van der Waals surface area contributed by atoms with Gasteiger partial charge in [0.05, 0.1) is 13.0 Å². The average molecular weight is 305 g/mol. The molecular weight excluding hydrogens is 278 g/mol. The zero-order valence-electron chi connectivity index (χ0n) is 14.1. The molecule has 1 atom stereocenters. The Bertz CT molecular complexity index is 511. The number of aryl methyl sites for hydroxylation is 1. The number of hydrogen-bond acceptors (Lipinski definition) is 3. The van der Waals surface area contributed by atoms with E-state index in [1.165, 1.54) is 0 Å². The first-order chi connectivity index (χ1) is 10.5. The lowest BCUT2D eigenvalue weighted by Crippen LogP contribution is -2.26. The van der Waals surface area contributed by atoms with Gasteiger partial charge < -0.3 is 10.1 Å². The van der Waals surface area contributed by atoms with E-state index in [0.717, 1.165) is 47.9 Å². The van der Waals surface area contributed by atoms with E-state index in [2.05, 4.69) is 18.3 Å². The Morgan fingerprint density at radius 1 is 1.36 bits per heavy atom. The maximum Gasteiger partial charge on any atom is 0.310 e. The second-order valence-corrected chi connectivity index (χ2v) is 5.84. The fourth-order valence-corrected chi connectivity index (χ4v) is 2.38. The summed E-state index contributed by atoms with van der Waals surface area (Å²) < 4.78 is 5.24. The summed E-state index contributed by atoms with van der Waals surface area (Å²) in [6.07, 6.45) is 3.69. The van der Waals surface area contributed by atoms with Gasteiger partial charge in [-0.05, 0) is 55.9 Å². The van der Waals surface area contributed by atoms with Crippen LogP contribution in [-0.2, 0) is 27.2 Å². The van der Waals surface area contributed by atoms with Crippen molar-refractivity contribution in [2.24, 2.45) is 0 Å². The summed E-state index contributed by atoms with van der Waals surface area (Å²) in [7, 11) is 0. The van der Waals surface area contributed by atoms with Gasteiger partial charge in [-0.25, -0.2) is 0 Å². The summed E-state index contributed by atoms with van der Waals surface area (Å²) in [6.45, 7) is 8.60. The van der Waals surface area contributed by atoms with Crippen LogP contribution >= 0.6 is 0 Å². The van der Waals surface area contributed by atoms with Gasteiger partial charge in [-0.3, -0.25) is 9.59 Å². The van der Waals surface area contributed by atoms with Crippen molar-refractivity contribution in [3.05, 3.63) is 34.4 Å². The van der Waals surface area contributed by atoms with Gasteiger partial charge >= 0.3 is 5.97 Å². The smallest absolute Gasteiger partial charge is 0.310 e. The molecular formula is C18H27NO3. The summed E-state index contributed by atoms with van der Waals surface area (Å²) in [5.41, 5.74) is 4.43. The van der Waals surface area contributed by atoms with Crippen molar-refractivity contribution in [1.82, 2.24) is 5.32 Å². The van der Waals surface area contributed by atoms with Gasteiger partial charge in [0.2, 0.25) is 6.41 Å². The molecule has 1 amide bonds. The molecule has 0 radical (unpaired) electrons. The molecule has 0 bridgehead atoms. The van der Waals surface area contributed by atoms with E-state index in [1.807, 2.05) is 26.8 Å². The van der Waals surface area contributed by atoms with Crippen molar-refractivity contribution >= 4 is 12.4 Å². The number of hydrogen-bond donors (Lipinski definition) is 1. The Labute approximate surface area is 133 Å². The topological polar surface area (TPSA) is 55.4 Å². The molecule has 1 rings (SSSR count). The predicted octanol–water partition coefficient (Wildman–Crippen LogP) is 2.87. The maximum atomic E-state index is 11.9. The highest BCUT2D eigenvalue weighted by Gasteiger charge is 2.11. The highest BCUT2D eigenvalue weighted by Crippen LogP contribution is 2.18. The van der Waals surface area contributed by atoms with E-state index >= 15 is 0 Å². The SMILES string of the molecule is CCCCOC(=O)Cc1cc(CC(C)NC=O)cc(C)c1C. The van der Waals surface area contributed by atoms with Crippen molar-refractivity contribution in [2.75, 3.05) is 6.61 Å². The molecule has 22 heavy (non-hydrogen) atoms. The molecule has 0 heterocycles. The lowest BCUT2D eigenvalue weighted by atomic mass is 9.95. The molecule has 0 aliphatic heterocycles. The van der Waals surface area contributed by atoms with E-state index in [-0.39, 0.29) is 12.0 Å². The summed E-state index contributed by atoms with van der Waals surface area (Å²) in [5.74, 6) is -0.174. The zero-order valence-corrected chi connectivity index (χ0v) is 14.1. The molecule has 1 aromatic carbocycles. The summed E-state index contributed by atoms with van der Waals surface area (Å²) in [6, 6.07) is 4.24. The van der Waals surface area contributed by atoms with Gasteiger partial charge in [-0.1, -0.05) is 25.5 Å². The monoisotopic (exact) mass is 305 g/mol. The molecule has 1 aromatic rings. The Kier molecular flexibility index (Phi) is 7.64. The molecule has 122 valence electrons. The predicted molar refractivity (Wildman–Crippen MR) is 87.9 cm³/mol. The molecule has 1 N–H and O–H groups in total. The third kappa shape index (κ3) is 5.88. The van der Waals surface area contributed by atoms with E-state index < -0.39 is 0 Å². The second-order valence-electron chi connectivity index (χ2n) is 5.84. The Morgan fingerprint density at radius 3 is 2.73 bits per heavy atom. The number of esters is 1. The third-order valence-electron chi connectivity index (χ3n) is 3.82. The Morgan fingerprint density at radius 2 is 2.09 bits per heavy atom. The average Bonchev–Trinajstić information content (AvgIpc) is 2.44. The quantitative estimate of drug-likeness (QED) is 0.433. The Balaban J connectivity index is 2.78. The number of carbonyl (C=O) groups excluding carboxylic acids is 2. The highest BCUT2D eigenvalue weighted by atomic mass is 16.5. The fourth-order valence-electron chi connectivity index (χ4n) is 2.38. The molecule has 0 spiro atoms. The minimum Gasteiger partial charge on any atom is -0.465 e. The number of nitrogens with one attached hydrogen (secondary N) is 1. The van der Waals surface area contributed by atoms with Crippen molar-refractivity contribution < 1.29 is 14.3 Å².